The molecule has 0 bridgehead atoms. The summed E-state index contributed by atoms with van der Waals surface area (Å²) in [6.07, 6.45) is 1.37. The van der Waals surface area contributed by atoms with Gasteiger partial charge >= 0.3 is 5.97 Å². The number of carbonyl (C=O) groups excluding carboxylic acids is 1. The SMILES string of the molecule is Cc1ccc(C(=O)Oc2ccc3c(=O)c(-c4ccccc4Cl)coc3c2)cc1. The lowest BCUT2D eigenvalue weighted by Crippen LogP contribution is -2.09. The monoisotopic (exact) mass is 390 g/mol. The molecule has 0 radical (unpaired) electrons. The molecule has 0 saturated heterocycles. The van der Waals surface area contributed by atoms with Crippen LogP contribution in [0.1, 0.15) is 15.9 Å². The molecule has 4 aromatic rings. The van der Waals surface area contributed by atoms with Crippen LogP contribution in [0.5, 0.6) is 5.75 Å². The van der Waals surface area contributed by atoms with Crippen LogP contribution in [0.15, 0.2) is 82.2 Å². The van der Waals surface area contributed by atoms with Gasteiger partial charge in [-0.25, -0.2) is 4.79 Å². The molecule has 3 aromatic carbocycles. The zero-order valence-corrected chi connectivity index (χ0v) is 15.7. The van der Waals surface area contributed by atoms with Gasteiger partial charge in [0, 0.05) is 16.7 Å². The maximum atomic E-state index is 12.8. The number of aryl methyl sites for hydroxylation is 1. The summed E-state index contributed by atoms with van der Waals surface area (Å²) in [6, 6.07) is 18.8. The first-order valence-corrected chi connectivity index (χ1v) is 9.00. The molecule has 0 aliphatic rings. The number of halogens is 1. The van der Waals surface area contributed by atoms with Crippen molar-refractivity contribution >= 4 is 28.5 Å². The van der Waals surface area contributed by atoms with E-state index in [9.17, 15) is 9.59 Å². The summed E-state index contributed by atoms with van der Waals surface area (Å²) < 4.78 is 11.0. The highest BCUT2D eigenvalue weighted by atomic mass is 35.5. The highest BCUT2D eigenvalue weighted by Crippen LogP contribution is 2.28. The fraction of sp³-hybridized carbons (Fsp3) is 0.0435. The molecule has 0 N–H and O–H groups in total. The molecule has 138 valence electrons. The fourth-order valence-electron chi connectivity index (χ4n) is 2.89. The summed E-state index contributed by atoms with van der Waals surface area (Å²) in [5.41, 5.74) is 2.61. The zero-order chi connectivity index (χ0) is 19.7. The average Bonchev–Trinajstić information content (AvgIpc) is 2.69. The maximum Gasteiger partial charge on any atom is 0.343 e. The molecule has 28 heavy (non-hydrogen) atoms. The van der Waals surface area contributed by atoms with Crippen molar-refractivity contribution < 1.29 is 13.9 Å². The molecule has 4 rings (SSSR count). The van der Waals surface area contributed by atoms with Crippen molar-refractivity contribution in [3.63, 3.8) is 0 Å². The second-order valence-corrected chi connectivity index (χ2v) is 6.78. The zero-order valence-electron chi connectivity index (χ0n) is 14.9. The Balaban J connectivity index is 1.68. The van der Waals surface area contributed by atoms with E-state index in [2.05, 4.69) is 0 Å². The molecule has 1 aromatic heterocycles. The number of carbonyl (C=O) groups is 1. The van der Waals surface area contributed by atoms with E-state index in [-0.39, 0.29) is 5.43 Å². The highest BCUT2D eigenvalue weighted by molar-refractivity contribution is 6.33. The largest absolute Gasteiger partial charge is 0.463 e. The first-order valence-electron chi connectivity index (χ1n) is 8.62. The van der Waals surface area contributed by atoms with Gasteiger partial charge < -0.3 is 9.15 Å². The van der Waals surface area contributed by atoms with Crippen molar-refractivity contribution in [3.8, 4) is 16.9 Å². The van der Waals surface area contributed by atoms with Crippen LogP contribution < -0.4 is 10.2 Å². The number of benzene rings is 3. The molecule has 0 aliphatic heterocycles. The van der Waals surface area contributed by atoms with Crippen molar-refractivity contribution in [1.29, 1.82) is 0 Å². The van der Waals surface area contributed by atoms with E-state index in [1.165, 1.54) is 12.3 Å². The van der Waals surface area contributed by atoms with Crippen LogP contribution in [0, 0.1) is 6.92 Å². The Bertz CT molecular complexity index is 1240. The van der Waals surface area contributed by atoms with Crippen LogP contribution in [-0.2, 0) is 0 Å². The van der Waals surface area contributed by atoms with Gasteiger partial charge in [0.15, 0.2) is 0 Å². The van der Waals surface area contributed by atoms with Gasteiger partial charge in [-0.15, -0.1) is 0 Å². The van der Waals surface area contributed by atoms with Crippen LogP contribution in [0.25, 0.3) is 22.1 Å². The molecule has 0 saturated carbocycles. The Morgan fingerprint density at radius 2 is 1.71 bits per heavy atom. The third-order valence-corrected chi connectivity index (χ3v) is 4.74. The number of hydrogen-bond donors (Lipinski definition) is 0. The summed E-state index contributed by atoms with van der Waals surface area (Å²) in [7, 11) is 0. The quantitative estimate of drug-likeness (QED) is 0.335. The van der Waals surface area contributed by atoms with Crippen LogP contribution in [0.3, 0.4) is 0 Å². The van der Waals surface area contributed by atoms with E-state index < -0.39 is 5.97 Å². The van der Waals surface area contributed by atoms with Gasteiger partial charge in [-0.3, -0.25) is 4.79 Å². The van der Waals surface area contributed by atoms with Crippen LogP contribution in [0.4, 0.5) is 0 Å². The standard InChI is InChI=1S/C23H15ClO4/c1-14-6-8-15(9-7-14)23(26)28-16-10-11-18-21(12-16)27-13-19(22(18)25)17-4-2-3-5-20(17)24/h2-13H,1H3. The van der Waals surface area contributed by atoms with Gasteiger partial charge in [-0.2, -0.15) is 0 Å². The summed E-state index contributed by atoms with van der Waals surface area (Å²) in [4.78, 5) is 25.1. The van der Waals surface area contributed by atoms with Crippen molar-refractivity contribution in [2.75, 3.05) is 0 Å². The minimum Gasteiger partial charge on any atom is -0.463 e. The molecular weight excluding hydrogens is 376 g/mol. The molecule has 0 spiro atoms. The summed E-state index contributed by atoms with van der Waals surface area (Å²) in [5.74, 6) is -0.180. The second kappa shape index (κ2) is 7.33. The van der Waals surface area contributed by atoms with E-state index in [1.54, 1.807) is 48.5 Å². The number of hydrogen-bond acceptors (Lipinski definition) is 4. The second-order valence-electron chi connectivity index (χ2n) is 6.37. The molecule has 0 amide bonds. The molecule has 0 aliphatic carbocycles. The predicted molar refractivity (Wildman–Crippen MR) is 109 cm³/mol. The lowest BCUT2D eigenvalue weighted by atomic mass is 10.1. The first-order chi connectivity index (χ1) is 13.5. The van der Waals surface area contributed by atoms with E-state index in [1.807, 2.05) is 19.1 Å². The molecule has 4 nitrogen and oxygen atoms in total. The number of esters is 1. The Hall–Kier alpha value is -3.37. The highest BCUT2D eigenvalue weighted by Gasteiger charge is 2.14. The van der Waals surface area contributed by atoms with Gasteiger partial charge in [0.05, 0.1) is 16.5 Å². The van der Waals surface area contributed by atoms with Crippen molar-refractivity contribution in [2.45, 2.75) is 6.92 Å². The third kappa shape index (κ3) is 3.42. The molecule has 5 heteroatoms. The lowest BCUT2D eigenvalue weighted by molar-refractivity contribution is 0.0735. The first kappa shape index (κ1) is 18.0. The molecular formula is C23H15ClO4. The topological polar surface area (TPSA) is 56.5 Å². The Morgan fingerprint density at radius 3 is 2.46 bits per heavy atom. The van der Waals surface area contributed by atoms with Gasteiger partial charge in [0.25, 0.3) is 0 Å². The maximum absolute atomic E-state index is 12.8. The van der Waals surface area contributed by atoms with Gasteiger partial charge in [-0.05, 0) is 37.3 Å². The van der Waals surface area contributed by atoms with Crippen LogP contribution >= 0.6 is 11.6 Å². The van der Waals surface area contributed by atoms with E-state index in [0.717, 1.165) is 5.56 Å². The summed E-state index contributed by atoms with van der Waals surface area (Å²) >= 11 is 6.19. The number of rotatable bonds is 3. The van der Waals surface area contributed by atoms with Crippen molar-refractivity contribution in [1.82, 2.24) is 0 Å². The molecule has 0 atom stereocenters. The average molecular weight is 391 g/mol. The predicted octanol–water partition coefficient (Wildman–Crippen LogP) is 5.64. The summed E-state index contributed by atoms with van der Waals surface area (Å²) in [5, 5.41) is 0.852. The van der Waals surface area contributed by atoms with Crippen molar-refractivity contribution in [3.05, 3.63) is 99.4 Å². The van der Waals surface area contributed by atoms with Crippen LogP contribution in [0.2, 0.25) is 5.02 Å². The van der Waals surface area contributed by atoms with Crippen molar-refractivity contribution in [2.24, 2.45) is 0 Å². The molecule has 0 unspecified atom stereocenters. The lowest BCUT2D eigenvalue weighted by Gasteiger charge is -2.07. The van der Waals surface area contributed by atoms with E-state index in [0.29, 0.717) is 38.4 Å². The fourth-order valence-corrected chi connectivity index (χ4v) is 3.13. The van der Waals surface area contributed by atoms with Crippen LogP contribution in [-0.4, -0.2) is 5.97 Å². The number of ether oxygens (including phenoxy) is 1. The van der Waals surface area contributed by atoms with E-state index >= 15 is 0 Å². The molecule has 0 fully saturated rings. The third-order valence-electron chi connectivity index (χ3n) is 4.41. The Labute approximate surface area is 166 Å². The minimum atomic E-state index is -0.477. The Morgan fingerprint density at radius 1 is 0.964 bits per heavy atom. The molecule has 1 heterocycles. The van der Waals surface area contributed by atoms with Gasteiger partial charge in [0.2, 0.25) is 5.43 Å². The smallest absolute Gasteiger partial charge is 0.343 e. The van der Waals surface area contributed by atoms with Gasteiger partial charge in [0.1, 0.15) is 17.6 Å². The van der Waals surface area contributed by atoms with E-state index in [4.69, 9.17) is 20.8 Å². The number of fused-ring (bicyclic) bond motifs is 1. The van der Waals surface area contributed by atoms with Gasteiger partial charge in [-0.1, -0.05) is 47.5 Å². The Kier molecular flexibility index (Phi) is 4.72. The normalized spacial score (nSPS) is 10.8. The summed E-state index contributed by atoms with van der Waals surface area (Å²) in [6.45, 7) is 1.94. The minimum absolute atomic E-state index is 0.203.